The number of nitrogens with one attached hydrogen (secondary N) is 1. The average Bonchev–Trinajstić information content (AvgIpc) is 2.91. The Morgan fingerprint density at radius 2 is 2.00 bits per heavy atom. The van der Waals surface area contributed by atoms with E-state index in [-0.39, 0.29) is 18.2 Å². The molecule has 3 aliphatic heterocycles. The zero-order valence-corrected chi connectivity index (χ0v) is 10.5. The van der Waals surface area contributed by atoms with Crippen LogP contribution in [0.4, 0.5) is 4.79 Å². The van der Waals surface area contributed by atoms with Gasteiger partial charge in [0.25, 0.3) is 0 Å². The van der Waals surface area contributed by atoms with Crippen LogP contribution in [0.1, 0.15) is 39.0 Å². The van der Waals surface area contributed by atoms with Gasteiger partial charge in [0.05, 0.1) is 18.2 Å². The van der Waals surface area contributed by atoms with Crippen LogP contribution in [0.2, 0.25) is 0 Å². The Morgan fingerprint density at radius 3 is 2.59 bits per heavy atom. The van der Waals surface area contributed by atoms with Crippen molar-refractivity contribution >= 4 is 6.03 Å². The zero-order chi connectivity index (χ0) is 11.8. The zero-order valence-electron chi connectivity index (χ0n) is 10.5. The Labute approximate surface area is 103 Å². The van der Waals surface area contributed by atoms with E-state index < -0.39 is 0 Å². The van der Waals surface area contributed by atoms with Crippen molar-refractivity contribution in [1.29, 1.82) is 0 Å². The quantitative estimate of drug-likeness (QED) is 0.756. The number of carbonyl (C=O) groups is 1. The number of likely N-dealkylation sites (tertiary alicyclic amines) is 1. The number of fused-ring (bicyclic) bond motifs is 2. The minimum atomic E-state index is 0.123. The first-order valence-electron chi connectivity index (χ1n) is 6.93. The summed E-state index contributed by atoms with van der Waals surface area (Å²) in [5.41, 5.74) is 0. The number of amides is 2. The van der Waals surface area contributed by atoms with Crippen molar-refractivity contribution in [2.45, 2.75) is 57.3 Å². The molecule has 3 aliphatic rings. The van der Waals surface area contributed by atoms with Gasteiger partial charge >= 0.3 is 6.03 Å². The van der Waals surface area contributed by atoms with Crippen molar-refractivity contribution in [3.8, 4) is 0 Å². The lowest BCUT2D eigenvalue weighted by Crippen LogP contribution is -2.50. The maximum absolute atomic E-state index is 12.1. The summed E-state index contributed by atoms with van der Waals surface area (Å²) in [6.45, 7) is 4.09. The summed E-state index contributed by atoms with van der Waals surface area (Å²) in [5, 5.41) is 3.16. The standard InChI is InChI=1S/C13H22N2O2/c1-9-4-6-15(7-5-9)13(16)14-11-8-10-2-3-12(11)17-10/h9-12H,2-8H2,1H3,(H,14,16). The van der Waals surface area contributed by atoms with Crippen LogP contribution in [-0.2, 0) is 4.74 Å². The molecule has 3 saturated heterocycles. The molecule has 4 heteroatoms. The molecule has 17 heavy (non-hydrogen) atoms. The molecule has 0 aromatic rings. The van der Waals surface area contributed by atoms with Gasteiger partial charge in [-0.15, -0.1) is 0 Å². The van der Waals surface area contributed by atoms with Gasteiger partial charge in [0, 0.05) is 13.1 Å². The molecule has 3 atom stereocenters. The fourth-order valence-electron chi connectivity index (χ4n) is 3.25. The molecule has 4 nitrogen and oxygen atoms in total. The van der Waals surface area contributed by atoms with Gasteiger partial charge in [0.1, 0.15) is 0 Å². The molecule has 0 radical (unpaired) electrons. The van der Waals surface area contributed by atoms with Gasteiger partial charge in [-0.3, -0.25) is 0 Å². The van der Waals surface area contributed by atoms with Crippen LogP contribution in [0, 0.1) is 5.92 Å². The first kappa shape index (κ1) is 11.3. The van der Waals surface area contributed by atoms with Crippen molar-refractivity contribution in [1.82, 2.24) is 10.2 Å². The van der Waals surface area contributed by atoms with Crippen LogP contribution < -0.4 is 5.32 Å². The van der Waals surface area contributed by atoms with Gasteiger partial charge in [-0.25, -0.2) is 4.79 Å². The highest BCUT2D eigenvalue weighted by Crippen LogP contribution is 2.34. The van der Waals surface area contributed by atoms with E-state index in [0.29, 0.717) is 6.10 Å². The Balaban J connectivity index is 1.50. The van der Waals surface area contributed by atoms with Crippen LogP contribution in [0.25, 0.3) is 0 Å². The first-order chi connectivity index (χ1) is 8.22. The van der Waals surface area contributed by atoms with E-state index in [1.54, 1.807) is 0 Å². The molecule has 0 aliphatic carbocycles. The van der Waals surface area contributed by atoms with Gasteiger partial charge in [0.2, 0.25) is 0 Å². The molecule has 2 bridgehead atoms. The number of ether oxygens (including phenoxy) is 1. The van der Waals surface area contributed by atoms with E-state index in [2.05, 4.69) is 12.2 Å². The average molecular weight is 238 g/mol. The summed E-state index contributed by atoms with van der Waals surface area (Å²) in [6.07, 6.45) is 6.28. The molecular formula is C13H22N2O2. The lowest BCUT2D eigenvalue weighted by molar-refractivity contribution is 0.0963. The van der Waals surface area contributed by atoms with Gasteiger partial charge in [0.15, 0.2) is 0 Å². The number of rotatable bonds is 1. The van der Waals surface area contributed by atoms with Crippen molar-refractivity contribution in [3.05, 3.63) is 0 Å². The van der Waals surface area contributed by atoms with E-state index in [1.807, 2.05) is 4.90 Å². The van der Waals surface area contributed by atoms with Gasteiger partial charge in [-0.1, -0.05) is 6.92 Å². The summed E-state index contributed by atoms with van der Waals surface area (Å²) in [5.74, 6) is 0.768. The van der Waals surface area contributed by atoms with Crippen LogP contribution >= 0.6 is 0 Å². The molecule has 0 aromatic carbocycles. The van der Waals surface area contributed by atoms with Crippen molar-refractivity contribution in [3.63, 3.8) is 0 Å². The van der Waals surface area contributed by atoms with Gasteiger partial charge < -0.3 is 15.0 Å². The molecule has 3 fully saturated rings. The van der Waals surface area contributed by atoms with Crippen molar-refractivity contribution < 1.29 is 9.53 Å². The number of piperidine rings is 1. The minimum absolute atomic E-state index is 0.123. The second-order valence-electron chi connectivity index (χ2n) is 5.84. The molecule has 96 valence electrons. The first-order valence-corrected chi connectivity index (χ1v) is 6.93. The molecule has 2 amide bonds. The summed E-state index contributed by atoms with van der Waals surface area (Å²) < 4.78 is 5.76. The highest BCUT2D eigenvalue weighted by Gasteiger charge is 2.41. The SMILES string of the molecule is CC1CCN(C(=O)NC2CC3CCC2O3)CC1. The number of urea groups is 1. The molecule has 0 spiro atoms. The van der Waals surface area contributed by atoms with Crippen molar-refractivity contribution in [2.75, 3.05) is 13.1 Å². The Kier molecular flexibility index (Phi) is 2.99. The largest absolute Gasteiger partial charge is 0.373 e. The third-order valence-corrected chi connectivity index (χ3v) is 4.49. The van der Waals surface area contributed by atoms with Gasteiger partial charge in [-0.2, -0.15) is 0 Å². The minimum Gasteiger partial charge on any atom is -0.373 e. The molecule has 0 aromatic heterocycles. The molecule has 3 rings (SSSR count). The van der Waals surface area contributed by atoms with Gasteiger partial charge in [-0.05, 0) is 38.0 Å². The summed E-state index contributed by atoms with van der Waals surface area (Å²) in [6, 6.07) is 0.388. The fraction of sp³-hybridized carbons (Fsp3) is 0.923. The molecule has 3 unspecified atom stereocenters. The second-order valence-corrected chi connectivity index (χ2v) is 5.84. The van der Waals surface area contributed by atoms with Crippen LogP contribution in [0.5, 0.6) is 0 Å². The molecule has 1 N–H and O–H groups in total. The number of hydrogen-bond donors (Lipinski definition) is 1. The highest BCUT2D eigenvalue weighted by molar-refractivity contribution is 5.74. The molecule has 0 saturated carbocycles. The van der Waals surface area contributed by atoms with E-state index in [9.17, 15) is 4.79 Å². The smallest absolute Gasteiger partial charge is 0.317 e. The summed E-state index contributed by atoms with van der Waals surface area (Å²) in [4.78, 5) is 14.1. The third-order valence-electron chi connectivity index (χ3n) is 4.49. The highest BCUT2D eigenvalue weighted by atomic mass is 16.5. The van der Waals surface area contributed by atoms with Crippen molar-refractivity contribution in [2.24, 2.45) is 5.92 Å². The Hall–Kier alpha value is -0.770. The number of hydrogen-bond acceptors (Lipinski definition) is 2. The summed E-state index contributed by atoms with van der Waals surface area (Å²) in [7, 11) is 0. The lowest BCUT2D eigenvalue weighted by Gasteiger charge is -2.32. The van der Waals surface area contributed by atoms with E-state index in [4.69, 9.17) is 4.74 Å². The van der Waals surface area contributed by atoms with E-state index >= 15 is 0 Å². The number of carbonyl (C=O) groups excluding carboxylic acids is 1. The molecular weight excluding hydrogens is 216 g/mol. The predicted molar refractivity (Wildman–Crippen MR) is 64.8 cm³/mol. The lowest BCUT2D eigenvalue weighted by atomic mass is 9.95. The fourth-order valence-corrected chi connectivity index (χ4v) is 3.25. The Morgan fingerprint density at radius 1 is 1.24 bits per heavy atom. The summed E-state index contributed by atoms with van der Waals surface area (Å²) >= 11 is 0. The maximum atomic E-state index is 12.1. The maximum Gasteiger partial charge on any atom is 0.317 e. The van der Waals surface area contributed by atoms with E-state index in [1.165, 1.54) is 6.42 Å². The van der Waals surface area contributed by atoms with Crippen LogP contribution in [-0.4, -0.2) is 42.3 Å². The van der Waals surface area contributed by atoms with E-state index in [0.717, 1.165) is 44.7 Å². The van der Waals surface area contributed by atoms with Crippen LogP contribution in [0.15, 0.2) is 0 Å². The normalized spacial score (nSPS) is 37.5. The Bertz CT molecular complexity index is 300. The second kappa shape index (κ2) is 4.48. The topological polar surface area (TPSA) is 41.6 Å². The number of nitrogens with zero attached hydrogens (tertiary/aromatic N) is 1. The third kappa shape index (κ3) is 2.28. The molecule has 3 heterocycles. The van der Waals surface area contributed by atoms with Crippen LogP contribution in [0.3, 0.4) is 0 Å². The predicted octanol–water partition coefficient (Wildman–Crippen LogP) is 1.75. The monoisotopic (exact) mass is 238 g/mol.